The zero-order valence-electron chi connectivity index (χ0n) is 16.8. The molecule has 0 aliphatic carbocycles. The van der Waals surface area contributed by atoms with Crippen molar-refractivity contribution in [3.63, 3.8) is 0 Å². The molecule has 4 rings (SSSR count). The maximum absolute atomic E-state index is 13.1. The Labute approximate surface area is 168 Å². The Bertz CT molecular complexity index is 827. The SMILES string of the molecule is Cc1ccc(C(=O)N2CCC(N3CCCC3)C2)cc1S(=O)(=O)N1CCCCC1. The van der Waals surface area contributed by atoms with Crippen LogP contribution >= 0.6 is 0 Å². The molecule has 1 atom stereocenters. The molecule has 0 spiro atoms. The number of aryl methyl sites for hydroxylation is 1. The van der Waals surface area contributed by atoms with E-state index in [9.17, 15) is 13.2 Å². The summed E-state index contributed by atoms with van der Waals surface area (Å²) < 4.78 is 27.8. The molecule has 1 aromatic carbocycles. The second kappa shape index (κ2) is 8.13. The van der Waals surface area contributed by atoms with Crippen molar-refractivity contribution < 1.29 is 13.2 Å². The van der Waals surface area contributed by atoms with E-state index in [4.69, 9.17) is 0 Å². The van der Waals surface area contributed by atoms with Crippen LogP contribution in [0.2, 0.25) is 0 Å². The van der Waals surface area contributed by atoms with E-state index in [0.717, 1.165) is 51.9 Å². The molecule has 3 aliphatic rings. The Kier molecular flexibility index (Phi) is 5.76. The minimum Gasteiger partial charge on any atom is -0.337 e. The molecular weight excluding hydrogens is 374 g/mol. The van der Waals surface area contributed by atoms with Gasteiger partial charge in [0.2, 0.25) is 10.0 Å². The molecule has 154 valence electrons. The van der Waals surface area contributed by atoms with E-state index in [1.165, 1.54) is 12.8 Å². The number of carbonyl (C=O) groups is 1. The second-order valence-corrected chi connectivity index (χ2v) is 10.3. The van der Waals surface area contributed by atoms with Gasteiger partial charge in [-0.1, -0.05) is 12.5 Å². The van der Waals surface area contributed by atoms with E-state index < -0.39 is 10.0 Å². The Morgan fingerprint density at radius 3 is 2.36 bits per heavy atom. The van der Waals surface area contributed by atoms with Crippen LogP contribution in [0.5, 0.6) is 0 Å². The van der Waals surface area contributed by atoms with Crippen LogP contribution in [-0.4, -0.2) is 73.7 Å². The molecule has 0 saturated carbocycles. The number of piperidine rings is 1. The molecule has 1 aromatic rings. The Morgan fingerprint density at radius 1 is 0.964 bits per heavy atom. The first-order valence-electron chi connectivity index (χ1n) is 10.6. The van der Waals surface area contributed by atoms with Crippen molar-refractivity contribution in [2.45, 2.75) is 56.4 Å². The van der Waals surface area contributed by atoms with E-state index in [2.05, 4.69) is 4.90 Å². The summed E-state index contributed by atoms with van der Waals surface area (Å²) in [5.74, 6) is -0.0446. The maximum atomic E-state index is 13.1. The van der Waals surface area contributed by atoms with Crippen molar-refractivity contribution in [2.24, 2.45) is 0 Å². The van der Waals surface area contributed by atoms with Crippen LogP contribution in [0.3, 0.4) is 0 Å². The van der Waals surface area contributed by atoms with E-state index >= 15 is 0 Å². The first kappa shape index (κ1) is 19.9. The van der Waals surface area contributed by atoms with E-state index in [-0.39, 0.29) is 10.8 Å². The number of hydrogen-bond donors (Lipinski definition) is 0. The molecule has 1 amide bonds. The fraction of sp³-hybridized carbons (Fsp3) is 0.667. The summed E-state index contributed by atoms with van der Waals surface area (Å²) in [6.45, 7) is 6.73. The Morgan fingerprint density at radius 2 is 1.64 bits per heavy atom. The summed E-state index contributed by atoms with van der Waals surface area (Å²) in [6.07, 6.45) is 6.40. The molecule has 3 heterocycles. The Hall–Kier alpha value is -1.44. The first-order chi connectivity index (χ1) is 13.5. The van der Waals surface area contributed by atoms with Gasteiger partial charge < -0.3 is 4.90 Å². The minimum absolute atomic E-state index is 0.0446. The van der Waals surface area contributed by atoms with Gasteiger partial charge in [0.15, 0.2) is 0 Å². The molecule has 6 nitrogen and oxygen atoms in total. The molecule has 0 aromatic heterocycles. The van der Waals surface area contributed by atoms with Crippen LogP contribution in [0.4, 0.5) is 0 Å². The average molecular weight is 406 g/mol. The molecule has 0 bridgehead atoms. The smallest absolute Gasteiger partial charge is 0.253 e. The van der Waals surface area contributed by atoms with Crippen molar-refractivity contribution >= 4 is 15.9 Å². The lowest BCUT2D eigenvalue weighted by Gasteiger charge is -2.27. The molecule has 0 N–H and O–H groups in total. The number of carbonyl (C=O) groups excluding carboxylic acids is 1. The van der Waals surface area contributed by atoms with Gasteiger partial charge in [-0.3, -0.25) is 9.69 Å². The number of hydrogen-bond acceptors (Lipinski definition) is 4. The third-order valence-corrected chi connectivity index (χ3v) is 8.52. The summed E-state index contributed by atoms with van der Waals surface area (Å²) in [6, 6.07) is 5.60. The van der Waals surface area contributed by atoms with Crippen molar-refractivity contribution in [3.05, 3.63) is 29.3 Å². The van der Waals surface area contributed by atoms with Gasteiger partial charge in [0.05, 0.1) is 4.90 Å². The number of amides is 1. The topological polar surface area (TPSA) is 60.9 Å². The van der Waals surface area contributed by atoms with Crippen LogP contribution in [0.25, 0.3) is 0 Å². The fourth-order valence-electron chi connectivity index (χ4n) is 4.77. The van der Waals surface area contributed by atoms with Gasteiger partial charge in [-0.05, 0) is 69.8 Å². The lowest BCUT2D eigenvalue weighted by atomic mass is 10.1. The third kappa shape index (κ3) is 3.84. The van der Waals surface area contributed by atoms with Crippen LogP contribution < -0.4 is 0 Å². The predicted molar refractivity (Wildman–Crippen MR) is 109 cm³/mol. The summed E-state index contributed by atoms with van der Waals surface area (Å²) in [5.41, 5.74) is 1.20. The lowest BCUT2D eigenvalue weighted by molar-refractivity contribution is 0.0780. The van der Waals surface area contributed by atoms with E-state index in [1.54, 1.807) is 22.5 Å². The lowest BCUT2D eigenvalue weighted by Crippen LogP contribution is -2.37. The normalized spacial score (nSPS) is 24.8. The van der Waals surface area contributed by atoms with Crippen molar-refractivity contribution in [1.82, 2.24) is 14.1 Å². The van der Waals surface area contributed by atoms with Crippen LogP contribution in [-0.2, 0) is 10.0 Å². The van der Waals surface area contributed by atoms with Crippen molar-refractivity contribution in [2.75, 3.05) is 39.3 Å². The summed E-state index contributed by atoms with van der Waals surface area (Å²) in [5, 5.41) is 0. The van der Waals surface area contributed by atoms with Gasteiger partial charge in [0, 0.05) is 37.8 Å². The highest BCUT2D eigenvalue weighted by molar-refractivity contribution is 7.89. The quantitative estimate of drug-likeness (QED) is 0.772. The zero-order chi connectivity index (χ0) is 19.7. The summed E-state index contributed by atoms with van der Waals surface area (Å²) in [7, 11) is -3.54. The molecule has 3 saturated heterocycles. The number of rotatable bonds is 4. The van der Waals surface area contributed by atoms with Gasteiger partial charge >= 0.3 is 0 Å². The molecular formula is C21H31N3O3S. The molecule has 3 fully saturated rings. The van der Waals surface area contributed by atoms with E-state index in [0.29, 0.717) is 30.3 Å². The van der Waals surface area contributed by atoms with Gasteiger partial charge in [-0.2, -0.15) is 4.31 Å². The molecule has 7 heteroatoms. The molecule has 3 aliphatic heterocycles. The third-order valence-electron chi connectivity index (χ3n) is 6.48. The minimum atomic E-state index is -3.54. The largest absolute Gasteiger partial charge is 0.337 e. The highest BCUT2D eigenvalue weighted by atomic mass is 32.2. The van der Waals surface area contributed by atoms with Crippen molar-refractivity contribution in [3.8, 4) is 0 Å². The highest BCUT2D eigenvalue weighted by Gasteiger charge is 2.33. The number of likely N-dealkylation sites (tertiary alicyclic amines) is 2. The molecule has 1 unspecified atom stereocenters. The average Bonchev–Trinajstić information content (AvgIpc) is 3.40. The summed E-state index contributed by atoms with van der Waals surface area (Å²) >= 11 is 0. The van der Waals surface area contributed by atoms with Crippen molar-refractivity contribution in [1.29, 1.82) is 0 Å². The Balaban J connectivity index is 1.52. The van der Waals surface area contributed by atoms with Gasteiger partial charge in [0.1, 0.15) is 0 Å². The van der Waals surface area contributed by atoms with Crippen LogP contribution in [0.1, 0.15) is 54.4 Å². The predicted octanol–water partition coefficient (Wildman–Crippen LogP) is 2.48. The maximum Gasteiger partial charge on any atom is 0.253 e. The van der Waals surface area contributed by atoms with Gasteiger partial charge in [-0.25, -0.2) is 8.42 Å². The number of sulfonamides is 1. The monoisotopic (exact) mass is 405 g/mol. The fourth-order valence-corrected chi connectivity index (χ4v) is 6.54. The number of benzene rings is 1. The first-order valence-corrected chi connectivity index (χ1v) is 12.0. The van der Waals surface area contributed by atoms with Gasteiger partial charge in [-0.15, -0.1) is 0 Å². The van der Waals surface area contributed by atoms with Gasteiger partial charge in [0.25, 0.3) is 5.91 Å². The summed E-state index contributed by atoms with van der Waals surface area (Å²) in [4.78, 5) is 17.7. The second-order valence-electron chi connectivity index (χ2n) is 8.38. The molecule has 28 heavy (non-hydrogen) atoms. The van der Waals surface area contributed by atoms with Crippen LogP contribution in [0, 0.1) is 6.92 Å². The standard InChI is InChI=1S/C21H31N3O3S/c1-17-7-8-18(15-20(17)28(26,27)24-12-3-2-4-13-24)21(25)23-14-9-19(16-23)22-10-5-6-11-22/h7-8,15,19H,2-6,9-14,16H2,1H3. The molecule has 0 radical (unpaired) electrons. The zero-order valence-corrected chi connectivity index (χ0v) is 17.6. The van der Waals surface area contributed by atoms with Crippen LogP contribution in [0.15, 0.2) is 23.1 Å². The number of nitrogens with zero attached hydrogens (tertiary/aromatic N) is 3. The highest BCUT2D eigenvalue weighted by Crippen LogP contribution is 2.26. The van der Waals surface area contributed by atoms with E-state index in [1.807, 2.05) is 11.8 Å².